The third-order valence-corrected chi connectivity index (χ3v) is 7.20. The molecule has 4 aromatic rings. The summed E-state index contributed by atoms with van der Waals surface area (Å²) in [4.78, 5) is 17.9. The zero-order chi connectivity index (χ0) is 23.2. The predicted molar refractivity (Wildman–Crippen MR) is 140 cm³/mol. The van der Waals surface area contributed by atoms with Gasteiger partial charge in [-0.25, -0.2) is 4.98 Å². The van der Waals surface area contributed by atoms with Crippen molar-refractivity contribution in [1.29, 1.82) is 0 Å². The van der Waals surface area contributed by atoms with Crippen LogP contribution in [-0.2, 0) is 4.79 Å². The maximum Gasteiger partial charge on any atom is 0.230 e. The fourth-order valence-electron chi connectivity index (χ4n) is 4.62. The molecule has 34 heavy (non-hydrogen) atoms. The Hall–Kier alpha value is -3.31. The molecule has 0 bridgehead atoms. The van der Waals surface area contributed by atoms with Crippen molar-refractivity contribution in [2.45, 2.75) is 43.3 Å². The minimum absolute atomic E-state index is 0.0852. The second-order valence-corrected chi connectivity index (χ2v) is 9.63. The molecule has 5 heteroatoms. The highest BCUT2D eigenvalue weighted by Crippen LogP contribution is 2.38. The highest BCUT2D eigenvalue weighted by molar-refractivity contribution is 7.99. The first-order valence-electron chi connectivity index (χ1n) is 12.0. The molecule has 172 valence electrons. The molecular weight excluding hydrogens is 438 g/mol. The van der Waals surface area contributed by atoms with Gasteiger partial charge in [0, 0.05) is 22.9 Å². The third-order valence-electron chi connectivity index (χ3n) is 6.26. The number of nitrogens with one attached hydrogen (secondary N) is 1. The van der Waals surface area contributed by atoms with Crippen molar-refractivity contribution in [2.24, 2.45) is 0 Å². The number of rotatable bonds is 7. The van der Waals surface area contributed by atoms with Crippen LogP contribution >= 0.6 is 11.8 Å². The number of nitrogens with zero attached hydrogens (tertiary/aromatic N) is 2. The van der Waals surface area contributed by atoms with Crippen LogP contribution in [0.4, 0.5) is 0 Å². The topological polar surface area (TPSA) is 46.9 Å². The van der Waals surface area contributed by atoms with Crippen LogP contribution in [0.3, 0.4) is 0 Å². The summed E-state index contributed by atoms with van der Waals surface area (Å²) in [6.07, 6.45) is 5.87. The molecule has 0 unspecified atom stereocenters. The van der Waals surface area contributed by atoms with Crippen LogP contribution in [0.25, 0.3) is 28.2 Å². The lowest BCUT2D eigenvalue weighted by Crippen LogP contribution is -2.37. The standard InChI is InChI=1S/C29H29N3OS/c33-26(30-24-17-9-3-10-18-24)21-34-29-31-27(22-13-5-1-6-14-22)28(23-15-7-2-8-16-23)32(29)25-19-11-4-12-20-25/h1-2,4-8,11-16,19-20,24H,3,9-10,17-18,21H2,(H,30,33). The molecule has 1 aliphatic rings. The zero-order valence-corrected chi connectivity index (χ0v) is 20.0. The van der Waals surface area contributed by atoms with E-state index in [-0.39, 0.29) is 5.91 Å². The Kier molecular flexibility index (Phi) is 7.10. The molecule has 1 aliphatic carbocycles. The van der Waals surface area contributed by atoms with Crippen LogP contribution in [0, 0.1) is 0 Å². The molecule has 0 atom stereocenters. The minimum Gasteiger partial charge on any atom is -0.353 e. The summed E-state index contributed by atoms with van der Waals surface area (Å²) in [7, 11) is 0. The van der Waals surface area contributed by atoms with Crippen molar-refractivity contribution < 1.29 is 4.79 Å². The van der Waals surface area contributed by atoms with Gasteiger partial charge in [0.2, 0.25) is 5.91 Å². The first-order chi connectivity index (χ1) is 16.8. The van der Waals surface area contributed by atoms with Gasteiger partial charge in [-0.1, -0.05) is 110 Å². The molecular formula is C29H29N3OS. The summed E-state index contributed by atoms with van der Waals surface area (Å²) in [5.74, 6) is 0.435. The van der Waals surface area contributed by atoms with E-state index >= 15 is 0 Å². The number of hydrogen-bond donors (Lipinski definition) is 1. The average molecular weight is 468 g/mol. The number of benzene rings is 3. The number of amides is 1. The van der Waals surface area contributed by atoms with Crippen LogP contribution < -0.4 is 5.32 Å². The number of imidazole rings is 1. The van der Waals surface area contributed by atoms with E-state index < -0.39 is 0 Å². The van der Waals surface area contributed by atoms with E-state index in [1.54, 1.807) is 0 Å². The van der Waals surface area contributed by atoms with Gasteiger partial charge in [-0.15, -0.1) is 0 Å². The van der Waals surface area contributed by atoms with Crippen molar-refractivity contribution in [3.05, 3.63) is 91.0 Å². The van der Waals surface area contributed by atoms with Crippen LogP contribution in [0.1, 0.15) is 32.1 Å². The van der Waals surface area contributed by atoms with Crippen molar-refractivity contribution in [3.8, 4) is 28.2 Å². The van der Waals surface area contributed by atoms with Gasteiger partial charge in [0.25, 0.3) is 0 Å². The van der Waals surface area contributed by atoms with E-state index in [1.807, 2.05) is 42.5 Å². The van der Waals surface area contributed by atoms with Crippen LogP contribution in [0.5, 0.6) is 0 Å². The smallest absolute Gasteiger partial charge is 0.230 e. The van der Waals surface area contributed by atoms with E-state index in [4.69, 9.17) is 4.98 Å². The summed E-state index contributed by atoms with van der Waals surface area (Å²) in [5.41, 5.74) is 5.14. The van der Waals surface area contributed by atoms with Gasteiger partial charge in [0.15, 0.2) is 5.16 Å². The van der Waals surface area contributed by atoms with Gasteiger partial charge < -0.3 is 5.32 Å². The lowest BCUT2D eigenvalue weighted by Gasteiger charge is -2.22. The van der Waals surface area contributed by atoms with Crippen molar-refractivity contribution in [2.75, 3.05) is 5.75 Å². The molecule has 3 aromatic carbocycles. The quantitative estimate of drug-likeness (QED) is 0.306. The summed E-state index contributed by atoms with van der Waals surface area (Å²) in [6, 6.07) is 31.2. The largest absolute Gasteiger partial charge is 0.353 e. The molecule has 1 aromatic heterocycles. The third kappa shape index (κ3) is 5.10. The molecule has 1 N–H and O–H groups in total. The molecule has 4 nitrogen and oxygen atoms in total. The van der Waals surface area contributed by atoms with Crippen LogP contribution in [0.2, 0.25) is 0 Å². The lowest BCUT2D eigenvalue weighted by atomic mass is 9.95. The summed E-state index contributed by atoms with van der Waals surface area (Å²) >= 11 is 1.50. The average Bonchev–Trinajstić information content (AvgIpc) is 3.29. The Morgan fingerprint density at radius 1 is 0.824 bits per heavy atom. The predicted octanol–water partition coefficient (Wildman–Crippen LogP) is 6.75. The number of thioether (sulfide) groups is 1. The summed E-state index contributed by atoms with van der Waals surface area (Å²) in [6.45, 7) is 0. The normalized spacial score (nSPS) is 14.1. The molecule has 0 radical (unpaired) electrons. The second kappa shape index (κ2) is 10.7. The van der Waals surface area contributed by atoms with E-state index in [1.165, 1.54) is 31.0 Å². The Labute approximate surface area is 205 Å². The van der Waals surface area contributed by atoms with Gasteiger partial charge in [0.1, 0.15) is 0 Å². The van der Waals surface area contributed by atoms with Crippen LogP contribution in [0.15, 0.2) is 96.2 Å². The molecule has 0 spiro atoms. The maximum absolute atomic E-state index is 12.8. The fraction of sp³-hybridized carbons (Fsp3) is 0.241. The molecule has 1 fully saturated rings. The van der Waals surface area contributed by atoms with E-state index in [9.17, 15) is 4.79 Å². The van der Waals surface area contributed by atoms with Gasteiger partial charge in [-0.2, -0.15) is 0 Å². The van der Waals surface area contributed by atoms with Gasteiger partial charge in [0.05, 0.1) is 17.1 Å². The van der Waals surface area contributed by atoms with E-state index in [0.29, 0.717) is 11.8 Å². The minimum atomic E-state index is 0.0852. The van der Waals surface area contributed by atoms with Gasteiger partial charge >= 0.3 is 0 Å². The first-order valence-corrected chi connectivity index (χ1v) is 13.0. The SMILES string of the molecule is O=C(CSc1nc(-c2ccccc2)c(-c2ccccc2)n1-c1ccccc1)NC1CCCCC1. The van der Waals surface area contributed by atoms with Crippen molar-refractivity contribution >= 4 is 17.7 Å². The van der Waals surface area contributed by atoms with E-state index in [0.717, 1.165) is 46.2 Å². The summed E-state index contributed by atoms with van der Waals surface area (Å²) in [5, 5.41) is 4.06. The number of para-hydroxylation sites is 1. The van der Waals surface area contributed by atoms with Gasteiger partial charge in [-0.05, 0) is 25.0 Å². The molecule has 1 heterocycles. The lowest BCUT2D eigenvalue weighted by molar-refractivity contribution is -0.119. The molecule has 5 rings (SSSR count). The Morgan fingerprint density at radius 2 is 1.41 bits per heavy atom. The number of carbonyl (C=O) groups excluding carboxylic acids is 1. The Bertz CT molecular complexity index is 1220. The van der Waals surface area contributed by atoms with Crippen molar-refractivity contribution in [1.82, 2.24) is 14.9 Å². The monoisotopic (exact) mass is 467 g/mol. The second-order valence-electron chi connectivity index (χ2n) is 8.69. The van der Waals surface area contributed by atoms with E-state index in [2.05, 4.69) is 58.4 Å². The van der Waals surface area contributed by atoms with Gasteiger partial charge in [-0.3, -0.25) is 9.36 Å². The molecule has 1 amide bonds. The molecule has 0 aliphatic heterocycles. The fourth-order valence-corrected chi connectivity index (χ4v) is 5.44. The first kappa shape index (κ1) is 22.5. The number of hydrogen-bond acceptors (Lipinski definition) is 3. The molecule has 1 saturated carbocycles. The summed E-state index contributed by atoms with van der Waals surface area (Å²) < 4.78 is 2.19. The highest BCUT2D eigenvalue weighted by atomic mass is 32.2. The zero-order valence-electron chi connectivity index (χ0n) is 19.2. The van der Waals surface area contributed by atoms with Crippen molar-refractivity contribution in [3.63, 3.8) is 0 Å². The molecule has 0 saturated heterocycles. The Morgan fingerprint density at radius 3 is 2.06 bits per heavy atom. The number of aromatic nitrogens is 2. The highest BCUT2D eigenvalue weighted by Gasteiger charge is 2.23. The Balaban J connectivity index is 1.54. The number of carbonyl (C=O) groups is 1. The maximum atomic E-state index is 12.8. The van der Waals surface area contributed by atoms with Crippen LogP contribution in [-0.4, -0.2) is 27.3 Å².